The molecular weight excluding hydrogens is 175 g/mol. The van der Waals surface area contributed by atoms with E-state index in [1.54, 1.807) is 6.07 Å². The summed E-state index contributed by atoms with van der Waals surface area (Å²) in [4.78, 5) is 9.80. The van der Waals surface area contributed by atoms with Gasteiger partial charge in [-0.25, -0.2) is 4.39 Å². The van der Waals surface area contributed by atoms with Crippen molar-refractivity contribution in [3.63, 3.8) is 0 Å². The highest BCUT2D eigenvalue weighted by Gasteiger charge is 2.10. The fourth-order valence-electron chi connectivity index (χ4n) is 0.958. The summed E-state index contributed by atoms with van der Waals surface area (Å²) in [5.41, 5.74) is 5.74. The van der Waals surface area contributed by atoms with E-state index >= 15 is 0 Å². The molecule has 0 aliphatic heterocycles. The molecule has 0 fully saturated rings. The number of non-ortho nitro benzene ring substituents is 1. The first-order chi connectivity index (χ1) is 6.15. The van der Waals surface area contributed by atoms with Gasteiger partial charge in [0.15, 0.2) is 0 Å². The lowest BCUT2D eigenvalue weighted by molar-refractivity contribution is -0.384. The Morgan fingerprint density at radius 3 is 2.85 bits per heavy atom. The van der Waals surface area contributed by atoms with E-state index in [2.05, 4.69) is 0 Å². The molecule has 0 saturated carbocycles. The molecule has 1 atom stereocenters. The van der Waals surface area contributed by atoms with Gasteiger partial charge >= 0.3 is 0 Å². The Hall–Kier alpha value is -1.49. The lowest BCUT2D eigenvalue weighted by atomic mass is 10.1. The van der Waals surface area contributed by atoms with Crippen molar-refractivity contribution in [1.82, 2.24) is 0 Å². The molecule has 1 unspecified atom stereocenters. The Bertz CT molecular complexity index is 317. The van der Waals surface area contributed by atoms with Crippen LogP contribution >= 0.6 is 0 Å². The molecule has 1 aromatic carbocycles. The third-order valence-corrected chi connectivity index (χ3v) is 1.68. The first-order valence-electron chi connectivity index (χ1n) is 3.71. The summed E-state index contributed by atoms with van der Waals surface area (Å²) in [6.07, 6.45) is 0. The van der Waals surface area contributed by atoms with Gasteiger partial charge in [-0.3, -0.25) is 10.1 Å². The maximum atomic E-state index is 12.1. The second kappa shape index (κ2) is 3.95. The molecule has 0 amide bonds. The van der Waals surface area contributed by atoms with Crippen molar-refractivity contribution < 1.29 is 9.31 Å². The topological polar surface area (TPSA) is 69.2 Å². The Morgan fingerprint density at radius 1 is 1.62 bits per heavy atom. The van der Waals surface area contributed by atoms with Gasteiger partial charge in [0.2, 0.25) is 0 Å². The van der Waals surface area contributed by atoms with E-state index in [1.165, 1.54) is 18.2 Å². The quantitative estimate of drug-likeness (QED) is 0.572. The van der Waals surface area contributed by atoms with Gasteiger partial charge < -0.3 is 5.73 Å². The second-order valence-electron chi connectivity index (χ2n) is 2.61. The van der Waals surface area contributed by atoms with Gasteiger partial charge in [-0.15, -0.1) is 0 Å². The van der Waals surface area contributed by atoms with E-state index in [9.17, 15) is 14.5 Å². The van der Waals surface area contributed by atoms with Gasteiger partial charge in [0.25, 0.3) is 5.69 Å². The molecule has 0 bridgehead atoms. The average Bonchev–Trinajstić information content (AvgIpc) is 2.17. The summed E-state index contributed by atoms with van der Waals surface area (Å²) in [6, 6.07) is 4.90. The van der Waals surface area contributed by atoms with Gasteiger partial charge in [0, 0.05) is 12.1 Å². The maximum absolute atomic E-state index is 12.1. The van der Waals surface area contributed by atoms with Crippen molar-refractivity contribution >= 4 is 5.69 Å². The zero-order valence-electron chi connectivity index (χ0n) is 6.81. The molecule has 0 radical (unpaired) electrons. The third-order valence-electron chi connectivity index (χ3n) is 1.68. The molecule has 5 heteroatoms. The normalized spacial score (nSPS) is 12.5. The van der Waals surface area contributed by atoms with Crippen molar-refractivity contribution in [3.8, 4) is 0 Å². The smallest absolute Gasteiger partial charge is 0.269 e. The van der Waals surface area contributed by atoms with Gasteiger partial charge in [-0.05, 0) is 5.56 Å². The number of nitrogens with two attached hydrogens (primary N) is 1. The predicted molar refractivity (Wildman–Crippen MR) is 46.0 cm³/mol. The third kappa shape index (κ3) is 2.22. The van der Waals surface area contributed by atoms with E-state index in [1.807, 2.05) is 0 Å². The van der Waals surface area contributed by atoms with Gasteiger partial charge in [0.05, 0.1) is 11.0 Å². The molecule has 0 spiro atoms. The number of benzene rings is 1. The SMILES string of the molecule is NC(CF)c1cccc([N+](=O)[O-])c1. The van der Waals surface area contributed by atoms with Crippen LogP contribution in [0.3, 0.4) is 0 Å². The van der Waals surface area contributed by atoms with Crippen LogP contribution in [0.1, 0.15) is 11.6 Å². The zero-order chi connectivity index (χ0) is 9.84. The monoisotopic (exact) mass is 184 g/mol. The highest BCUT2D eigenvalue weighted by atomic mass is 19.1. The lowest BCUT2D eigenvalue weighted by Gasteiger charge is -2.05. The highest BCUT2D eigenvalue weighted by molar-refractivity contribution is 5.35. The highest BCUT2D eigenvalue weighted by Crippen LogP contribution is 2.17. The number of hydrogen-bond acceptors (Lipinski definition) is 3. The number of halogens is 1. The Labute approximate surface area is 74.3 Å². The van der Waals surface area contributed by atoms with Crippen LogP contribution in [-0.4, -0.2) is 11.6 Å². The maximum Gasteiger partial charge on any atom is 0.269 e. The molecule has 0 aromatic heterocycles. The Morgan fingerprint density at radius 2 is 2.31 bits per heavy atom. The molecule has 4 nitrogen and oxygen atoms in total. The molecular formula is C8H9FN2O2. The number of hydrogen-bond donors (Lipinski definition) is 1. The zero-order valence-corrected chi connectivity index (χ0v) is 6.81. The van der Waals surface area contributed by atoms with Crippen LogP contribution in [-0.2, 0) is 0 Å². The van der Waals surface area contributed by atoms with Crippen molar-refractivity contribution in [2.45, 2.75) is 6.04 Å². The fourth-order valence-corrected chi connectivity index (χ4v) is 0.958. The standard InChI is InChI=1S/C8H9FN2O2/c9-5-8(10)6-2-1-3-7(4-6)11(12)13/h1-4,8H,5,10H2. The first kappa shape index (κ1) is 9.60. The number of alkyl halides is 1. The van der Waals surface area contributed by atoms with Crippen molar-refractivity contribution in [3.05, 3.63) is 39.9 Å². The molecule has 13 heavy (non-hydrogen) atoms. The summed E-state index contributed by atoms with van der Waals surface area (Å²) >= 11 is 0. The number of rotatable bonds is 3. The largest absolute Gasteiger partial charge is 0.322 e. The van der Waals surface area contributed by atoms with E-state index in [0.29, 0.717) is 5.56 Å². The molecule has 0 heterocycles. The van der Waals surface area contributed by atoms with Crippen LogP contribution in [0.25, 0.3) is 0 Å². The average molecular weight is 184 g/mol. The molecule has 2 N–H and O–H groups in total. The summed E-state index contributed by atoms with van der Waals surface area (Å²) in [6.45, 7) is -0.721. The molecule has 0 aliphatic rings. The van der Waals surface area contributed by atoms with Crippen molar-refractivity contribution in [1.29, 1.82) is 0 Å². The van der Waals surface area contributed by atoms with E-state index < -0.39 is 17.6 Å². The second-order valence-corrected chi connectivity index (χ2v) is 2.61. The van der Waals surface area contributed by atoms with E-state index in [-0.39, 0.29) is 5.69 Å². The van der Waals surface area contributed by atoms with Crippen LogP contribution in [0, 0.1) is 10.1 Å². The van der Waals surface area contributed by atoms with E-state index in [0.717, 1.165) is 0 Å². The fraction of sp³-hybridized carbons (Fsp3) is 0.250. The van der Waals surface area contributed by atoms with Crippen LogP contribution < -0.4 is 5.73 Å². The Balaban J connectivity index is 2.98. The number of nitro benzene ring substituents is 1. The van der Waals surface area contributed by atoms with Crippen molar-refractivity contribution in [2.24, 2.45) is 5.73 Å². The lowest BCUT2D eigenvalue weighted by Crippen LogP contribution is -2.12. The summed E-state index contributed by atoms with van der Waals surface area (Å²) in [5.74, 6) is 0. The summed E-state index contributed by atoms with van der Waals surface area (Å²) in [7, 11) is 0. The molecule has 0 aliphatic carbocycles. The molecule has 1 rings (SSSR count). The minimum Gasteiger partial charge on any atom is -0.322 e. The number of nitrogens with zero attached hydrogens (tertiary/aromatic N) is 1. The van der Waals surface area contributed by atoms with Crippen molar-refractivity contribution in [2.75, 3.05) is 6.67 Å². The van der Waals surface area contributed by atoms with Crippen LogP contribution in [0.5, 0.6) is 0 Å². The Kier molecular flexibility index (Phi) is 2.92. The van der Waals surface area contributed by atoms with Crippen LogP contribution in [0.2, 0.25) is 0 Å². The van der Waals surface area contributed by atoms with Gasteiger partial charge in [0.1, 0.15) is 6.67 Å². The summed E-state index contributed by atoms with van der Waals surface area (Å²) in [5, 5.41) is 10.3. The van der Waals surface area contributed by atoms with Crippen LogP contribution in [0.15, 0.2) is 24.3 Å². The van der Waals surface area contributed by atoms with Gasteiger partial charge in [-0.1, -0.05) is 12.1 Å². The molecule has 70 valence electrons. The first-order valence-corrected chi connectivity index (χ1v) is 3.71. The minimum absolute atomic E-state index is 0.0681. The predicted octanol–water partition coefficient (Wildman–Crippen LogP) is 1.56. The molecule has 0 saturated heterocycles. The van der Waals surface area contributed by atoms with Gasteiger partial charge in [-0.2, -0.15) is 0 Å². The summed E-state index contributed by atoms with van der Waals surface area (Å²) < 4.78 is 12.1. The number of nitro groups is 1. The molecule has 1 aromatic rings. The van der Waals surface area contributed by atoms with Crippen LogP contribution in [0.4, 0.5) is 10.1 Å². The van der Waals surface area contributed by atoms with E-state index in [4.69, 9.17) is 5.73 Å². The minimum atomic E-state index is -0.778.